The molecule has 0 unspecified atom stereocenters. The lowest BCUT2D eigenvalue weighted by Crippen LogP contribution is -2.00. The van der Waals surface area contributed by atoms with Crippen molar-refractivity contribution in [3.63, 3.8) is 0 Å². The van der Waals surface area contributed by atoms with E-state index >= 15 is 0 Å². The molecule has 0 N–H and O–H groups in total. The van der Waals surface area contributed by atoms with Crippen LogP contribution in [0.3, 0.4) is 0 Å². The summed E-state index contributed by atoms with van der Waals surface area (Å²) in [5, 5.41) is 1.03. The Labute approximate surface area is 308 Å². The summed E-state index contributed by atoms with van der Waals surface area (Å²) in [4.78, 5) is 14.3. The fraction of sp³-hybridized carbons (Fsp3) is 0. The second-order valence-corrected chi connectivity index (χ2v) is 11.2. The standard InChI is InChI=1S/C45H27N3O2/c1-3-12-28(13-4-1)30-16-9-17-31(26-30)33-19-10-20-37-35-25-24-32(27-40(35)50-41(33)37)44-46-43(29-14-5-2-6-15-29)47-45(48-44)38-22-11-21-36-34-18-7-8-23-39(34)49-42(36)38/h1-27H/i1D,3D,4D,9D,10D,12D,13D,16D,17D,19D,20D,24D,25D,26D,27D. The van der Waals surface area contributed by atoms with Crippen LogP contribution >= 0.6 is 0 Å². The average Bonchev–Trinajstić information content (AvgIpc) is 3.90. The van der Waals surface area contributed by atoms with E-state index in [9.17, 15) is 5.48 Å². The van der Waals surface area contributed by atoms with Gasteiger partial charge in [0, 0.05) is 38.2 Å². The molecule has 10 aromatic rings. The summed E-state index contributed by atoms with van der Waals surface area (Å²) in [5.41, 5.74) is -1.37. The van der Waals surface area contributed by atoms with E-state index in [0.717, 1.165) is 10.8 Å². The van der Waals surface area contributed by atoms with Crippen molar-refractivity contribution in [1.29, 1.82) is 0 Å². The molecule has 3 aromatic heterocycles. The molecular weight excluding hydrogens is 615 g/mol. The molecule has 0 amide bonds. The van der Waals surface area contributed by atoms with Gasteiger partial charge in [-0.2, -0.15) is 0 Å². The molecule has 10 rings (SSSR count). The number of aromatic nitrogens is 3. The minimum Gasteiger partial charge on any atom is -0.455 e. The van der Waals surface area contributed by atoms with E-state index in [1.165, 1.54) is 0 Å². The van der Waals surface area contributed by atoms with Crippen LogP contribution in [0.2, 0.25) is 0 Å². The van der Waals surface area contributed by atoms with Crippen molar-refractivity contribution in [2.24, 2.45) is 0 Å². The molecule has 0 saturated carbocycles. The van der Waals surface area contributed by atoms with Gasteiger partial charge in [0.15, 0.2) is 17.5 Å². The van der Waals surface area contributed by atoms with Crippen LogP contribution < -0.4 is 0 Å². The quantitative estimate of drug-likeness (QED) is 0.184. The van der Waals surface area contributed by atoms with Gasteiger partial charge in [0.2, 0.25) is 0 Å². The topological polar surface area (TPSA) is 65.0 Å². The summed E-state index contributed by atoms with van der Waals surface area (Å²) in [6.07, 6.45) is 0. The number of nitrogens with zero attached hydrogens (tertiary/aromatic N) is 3. The van der Waals surface area contributed by atoms with Crippen LogP contribution in [0, 0.1) is 0 Å². The van der Waals surface area contributed by atoms with Crippen LogP contribution in [0.4, 0.5) is 0 Å². The van der Waals surface area contributed by atoms with Crippen molar-refractivity contribution in [2.75, 3.05) is 0 Å². The lowest BCUT2D eigenvalue weighted by atomic mass is 9.97. The lowest BCUT2D eigenvalue weighted by molar-refractivity contribution is 0.669. The minimum absolute atomic E-state index is 0.117. The van der Waals surface area contributed by atoms with E-state index in [1.807, 2.05) is 42.5 Å². The molecule has 0 atom stereocenters. The van der Waals surface area contributed by atoms with Gasteiger partial charge >= 0.3 is 0 Å². The van der Waals surface area contributed by atoms with E-state index in [2.05, 4.69) is 0 Å². The predicted octanol–water partition coefficient (Wildman–Crippen LogP) is 12.0. The highest BCUT2D eigenvalue weighted by molar-refractivity contribution is 6.11. The first kappa shape index (κ1) is 17.0. The Morgan fingerprint density at radius 3 is 1.98 bits per heavy atom. The van der Waals surface area contributed by atoms with Crippen molar-refractivity contribution in [3.8, 4) is 56.4 Å². The lowest BCUT2D eigenvalue weighted by Gasteiger charge is -2.08. The largest absolute Gasteiger partial charge is 0.455 e. The van der Waals surface area contributed by atoms with Gasteiger partial charge in [-0.3, -0.25) is 0 Å². The molecule has 0 bridgehead atoms. The zero-order chi connectivity index (χ0) is 46.1. The van der Waals surface area contributed by atoms with Gasteiger partial charge in [-0.05, 0) is 47.0 Å². The third-order valence-corrected chi connectivity index (χ3v) is 8.22. The Hall–Kier alpha value is -6.85. The van der Waals surface area contributed by atoms with Crippen molar-refractivity contribution in [1.82, 2.24) is 15.0 Å². The van der Waals surface area contributed by atoms with Gasteiger partial charge in [-0.1, -0.05) is 133 Å². The smallest absolute Gasteiger partial charge is 0.167 e. The van der Waals surface area contributed by atoms with E-state index in [1.54, 1.807) is 30.3 Å². The van der Waals surface area contributed by atoms with Crippen molar-refractivity contribution in [3.05, 3.63) is 163 Å². The average molecular weight is 657 g/mol. The fourth-order valence-corrected chi connectivity index (χ4v) is 5.92. The first-order valence-corrected chi connectivity index (χ1v) is 15.4. The molecule has 0 aliphatic rings. The summed E-state index contributed by atoms with van der Waals surface area (Å²) < 4.78 is 145. The molecule has 5 nitrogen and oxygen atoms in total. The molecule has 0 aliphatic heterocycles. The van der Waals surface area contributed by atoms with Crippen molar-refractivity contribution in [2.45, 2.75) is 0 Å². The van der Waals surface area contributed by atoms with E-state index in [4.69, 9.17) is 38.9 Å². The minimum atomic E-state index is -0.848. The number of hydrogen-bond acceptors (Lipinski definition) is 5. The van der Waals surface area contributed by atoms with E-state index in [0.29, 0.717) is 22.3 Å². The van der Waals surface area contributed by atoms with Crippen molar-refractivity contribution >= 4 is 43.9 Å². The normalized spacial score (nSPS) is 15.8. The third-order valence-electron chi connectivity index (χ3n) is 8.22. The Balaban J connectivity index is 1.27. The summed E-state index contributed by atoms with van der Waals surface area (Å²) in [6, 6.07) is 10.8. The zero-order valence-corrected chi connectivity index (χ0v) is 25.6. The monoisotopic (exact) mass is 656 g/mol. The highest BCUT2D eigenvalue weighted by atomic mass is 16.3. The Kier molecular flexibility index (Phi) is 3.87. The van der Waals surface area contributed by atoms with Crippen LogP contribution in [-0.2, 0) is 0 Å². The Bertz CT molecular complexity index is 3710. The SMILES string of the molecule is [2H]c1c([2H])c([2H])c(-c2c([2H])c([2H])c([2H])c(-c3c([2H])c([2H])c([2H])c4c3oc3c([2H])c(-c5nc(-c6ccccc6)nc(-c6cccc7c6oc6ccccc67)n5)c([2H])c([2H])c34)c2[2H])c([2H])c1[2H]. The van der Waals surface area contributed by atoms with Crippen LogP contribution in [0.1, 0.15) is 20.6 Å². The molecule has 234 valence electrons. The number of rotatable bonds is 5. The van der Waals surface area contributed by atoms with Gasteiger partial charge in [-0.25, -0.2) is 15.0 Å². The number of benzene rings is 7. The van der Waals surface area contributed by atoms with E-state index < -0.39 is 124 Å². The molecular formula is C45H27N3O2. The predicted molar refractivity (Wildman–Crippen MR) is 202 cm³/mol. The molecule has 5 heteroatoms. The maximum Gasteiger partial charge on any atom is 0.167 e. The molecule has 0 aliphatic carbocycles. The van der Waals surface area contributed by atoms with Gasteiger partial charge in [0.1, 0.15) is 22.3 Å². The molecule has 0 fully saturated rings. The van der Waals surface area contributed by atoms with Crippen LogP contribution in [0.5, 0.6) is 0 Å². The first-order valence-electron chi connectivity index (χ1n) is 22.9. The van der Waals surface area contributed by atoms with Crippen molar-refractivity contribution < 1.29 is 29.4 Å². The second kappa shape index (κ2) is 11.4. The maximum absolute atomic E-state index is 9.56. The molecule has 50 heavy (non-hydrogen) atoms. The molecule has 0 radical (unpaired) electrons. The summed E-state index contributed by atoms with van der Waals surface area (Å²) in [7, 11) is 0. The Morgan fingerprint density at radius 2 is 1.08 bits per heavy atom. The molecule has 3 heterocycles. The van der Waals surface area contributed by atoms with Gasteiger partial charge in [0.25, 0.3) is 0 Å². The number of hydrogen-bond donors (Lipinski definition) is 0. The zero-order valence-electron chi connectivity index (χ0n) is 40.6. The van der Waals surface area contributed by atoms with E-state index in [-0.39, 0.29) is 33.8 Å². The third kappa shape index (κ3) is 4.67. The maximum atomic E-state index is 9.56. The summed E-state index contributed by atoms with van der Waals surface area (Å²) >= 11 is 0. The van der Waals surface area contributed by atoms with Gasteiger partial charge < -0.3 is 8.83 Å². The second-order valence-electron chi connectivity index (χ2n) is 11.2. The summed E-state index contributed by atoms with van der Waals surface area (Å²) in [5.74, 6) is 0.0792. The first-order chi connectivity index (χ1) is 31.0. The molecule has 0 saturated heterocycles. The van der Waals surface area contributed by atoms with Crippen LogP contribution in [-0.4, -0.2) is 15.0 Å². The highest BCUT2D eigenvalue weighted by Crippen LogP contribution is 2.39. The highest BCUT2D eigenvalue weighted by Gasteiger charge is 2.19. The molecule has 0 spiro atoms. The van der Waals surface area contributed by atoms with Crippen LogP contribution in [0.25, 0.3) is 100 Å². The van der Waals surface area contributed by atoms with Crippen LogP contribution in [0.15, 0.2) is 172 Å². The van der Waals surface area contributed by atoms with Gasteiger partial charge in [-0.15, -0.1) is 0 Å². The summed E-state index contributed by atoms with van der Waals surface area (Å²) in [6.45, 7) is 0. The molecule has 7 aromatic carbocycles. The Morgan fingerprint density at radius 1 is 0.380 bits per heavy atom. The fourth-order valence-electron chi connectivity index (χ4n) is 5.92. The van der Waals surface area contributed by atoms with Gasteiger partial charge in [0.05, 0.1) is 26.1 Å². The number of furan rings is 2. The number of para-hydroxylation sites is 3. The number of fused-ring (bicyclic) bond motifs is 6.